The molecular weight excluding hydrogens is 330 g/mol. The Bertz CT molecular complexity index is 653. The molecule has 0 aliphatic carbocycles. The summed E-state index contributed by atoms with van der Waals surface area (Å²) in [7, 11) is 0. The van der Waals surface area contributed by atoms with Gasteiger partial charge in [0.1, 0.15) is 0 Å². The highest BCUT2D eigenvalue weighted by molar-refractivity contribution is 5.95. The van der Waals surface area contributed by atoms with Crippen LogP contribution in [0.15, 0.2) is 17.4 Å². The van der Waals surface area contributed by atoms with Gasteiger partial charge in [0.25, 0.3) is 0 Å². The van der Waals surface area contributed by atoms with Crippen molar-refractivity contribution in [3.05, 3.63) is 18.2 Å². The summed E-state index contributed by atoms with van der Waals surface area (Å²) >= 11 is 0. The van der Waals surface area contributed by atoms with Crippen molar-refractivity contribution in [1.82, 2.24) is 15.3 Å². The van der Waals surface area contributed by atoms with Crippen molar-refractivity contribution in [1.29, 1.82) is 0 Å². The van der Waals surface area contributed by atoms with Crippen molar-refractivity contribution < 1.29 is 22.4 Å². The van der Waals surface area contributed by atoms with E-state index in [9.17, 15) is 22.4 Å². The number of aromatic nitrogens is 2. The Balaban J connectivity index is 1.78. The zero-order valence-corrected chi connectivity index (χ0v) is 12.6. The minimum absolute atomic E-state index is 0.0748. The molecule has 1 saturated heterocycles. The van der Waals surface area contributed by atoms with Gasteiger partial charge in [-0.2, -0.15) is 0 Å². The van der Waals surface area contributed by atoms with Gasteiger partial charge in [0.15, 0.2) is 11.6 Å². The summed E-state index contributed by atoms with van der Waals surface area (Å²) in [5, 5.41) is 2.63. The van der Waals surface area contributed by atoms with Gasteiger partial charge in [-0.15, -0.1) is 0 Å². The van der Waals surface area contributed by atoms with Crippen LogP contribution in [0.25, 0.3) is 0 Å². The SMILES string of the molecule is O=C(C1CC=NCN1)[C@]1(F)CCN(c2ncc(F)cn2)CC1(F)F. The second-order valence-electron chi connectivity index (χ2n) is 5.76. The van der Waals surface area contributed by atoms with Crippen LogP contribution in [0.2, 0.25) is 0 Å². The van der Waals surface area contributed by atoms with E-state index in [-0.39, 0.29) is 25.6 Å². The number of nitrogens with zero attached hydrogens (tertiary/aromatic N) is 4. The quantitative estimate of drug-likeness (QED) is 0.832. The van der Waals surface area contributed by atoms with Gasteiger partial charge in [0, 0.05) is 25.6 Å². The Morgan fingerprint density at radius 2 is 2.00 bits per heavy atom. The predicted octanol–water partition coefficient (Wildman–Crippen LogP) is 1.13. The van der Waals surface area contributed by atoms with Crippen LogP contribution in [0.3, 0.4) is 0 Å². The summed E-state index contributed by atoms with van der Waals surface area (Å²) in [6, 6.07) is -1.02. The molecule has 0 aromatic carbocycles. The number of alkyl halides is 3. The van der Waals surface area contributed by atoms with Crippen LogP contribution in [0.1, 0.15) is 12.8 Å². The van der Waals surface area contributed by atoms with Crippen LogP contribution in [0.4, 0.5) is 23.5 Å². The van der Waals surface area contributed by atoms with E-state index in [0.717, 1.165) is 17.3 Å². The predicted molar refractivity (Wildman–Crippen MR) is 77.5 cm³/mol. The van der Waals surface area contributed by atoms with E-state index in [1.165, 1.54) is 6.21 Å². The molecule has 130 valence electrons. The number of carbonyl (C=O) groups is 1. The third-order valence-electron chi connectivity index (χ3n) is 4.19. The van der Waals surface area contributed by atoms with E-state index in [1.807, 2.05) is 0 Å². The Morgan fingerprint density at radius 1 is 1.29 bits per heavy atom. The molecule has 1 fully saturated rings. The second-order valence-corrected chi connectivity index (χ2v) is 5.76. The molecule has 0 bridgehead atoms. The summed E-state index contributed by atoms with van der Waals surface area (Å²) < 4.78 is 56.7. The monoisotopic (exact) mass is 345 g/mol. The average molecular weight is 345 g/mol. The lowest BCUT2D eigenvalue weighted by molar-refractivity contribution is -0.171. The topological polar surface area (TPSA) is 70.5 Å². The lowest BCUT2D eigenvalue weighted by Crippen LogP contribution is -2.65. The summed E-state index contributed by atoms with van der Waals surface area (Å²) in [5.74, 6) is -5.93. The van der Waals surface area contributed by atoms with E-state index < -0.39 is 42.2 Å². The maximum atomic E-state index is 15.0. The number of ketones is 1. The lowest BCUT2D eigenvalue weighted by atomic mass is 9.81. The van der Waals surface area contributed by atoms with Gasteiger partial charge in [-0.05, 0) is 0 Å². The van der Waals surface area contributed by atoms with Crippen LogP contribution in [0, 0.1) is 5.82 Å². The van der Waals surface area contributed by atoms with E-state index in [0.29, 0.717) is 0 Å². The second kappa shape index (κ2) is 6.08. The third-order valence-corrected chi connectivity index (χ3v) is 4.19. The van der Waals surface area contributed by atoms with Crippen LogP contribution in [0.5, 0.6) is 0 Å². The summed E-state index contributed by atoms with van der Waals surface area (Å²) in [4.78, 5) is 24.4. The zero-order chi connectivity index (χ0) is 17.4. The molecule has 1 aromatic heterocycles. The highest BCUT2D eigenvalue weighted by Gasteiger charge is 2.63. The summed E-state index contributed by atoms with van der Waals surface area (Å²) in [6.45, 7) is -1.14. The molecule has 0 saturated carbocycles. The fourth-order valence-corrected chi connectivity index (χ4v) is 2.83. The Labute approximate surface area is 135 Å². The van der Waals surface area contributed by atoms with E-state index in [4.69, 9.17) is 0 Å². The Morgan fingerprint density at radius 3 is 2.58 bits per heavy atom. The normalized spacial score (nSPS) is 29.5. The first-order chi connectivity index (χ1) is 11.3. The number of anilines is 1. The van der Waals surface area contributed by atoms with Gasteiger partial charge >= 0.3 is 5.92 Å². The molecule has 0 radical (unpaired) electrons. The van der Waals surface area contributed by atoms with Crippen LogP contribution in [-0.2, 0) is 4.79 Å². The Kier molecular flexibility index (Phi) is 4.24. The minimum atomic E-state index is -3.92. The van der Waals surface area contributed by atoms with Gasteiger partial charge in [0.2, 0.25) is 11.6 Å². The molecule has 6 nitrogen and oxygen atoms in total. The van der Waals surface area contributed by atoms with Crippen LogP contribution >= 0.6 is 0 Å². The highest BCUT2D eigenvalue weighted by atomic mass is 19.3. The fourth-order valence-electron chi connectivity index (χ4n) is 2.83. The molecule has 1 N–H and O–H groups in total. The molecule has 3 rings (SSSR count). The number of hydrogen-bond donors (Lipinski definition) is 1. The van der Waals surface area contributed by atoms with Crippen LogP contribution in [-0.4, -0.2) is 59.4 Å². The Hall–Kier alpha value is -2.10. The number of rotatable bonds is 3. The van der Waals surface area contributed by atoms with Crippen molar-refractivity contribution in [3.63, 3.8) is 0 Å². The van der Waals surface area contributed by atoms with Crippen molar-refractivity contribution in [2.75, 3.05) is 24.7 Å². The van der Waals surface area contributed by atoms with Gasteiger partial charge in [-0.1, -0.05) is 0 Å². The van der Waals surface area contributed by atoms with Crippen molar-refractivity contribution >= 4 is 17.9 Å². The van der Waals surface area contributed by atoms with Gasteiger partial charge < -0.3 is 4.90 Å². The fraction of sp³-hybridized carbons (Fsp3) is 0.571. The lowest BCUT2D eigenvalue weighted by Gasteiger charge is -2.42. The molecule has 10 heteroatoms. The first-order valence-corrected chi connectivity index (χ1v) is 7.39. The first-order valence-electron chi connectivity index (χ1n) is 7.39. The molecule has 3 heterocycles. The maximum absolute atomic E-state index is 15.0. The first kappa shape index (κ1) is 16.7. The minimum Gasteiger partial charge on any atom is -0.334 e. The molecule has 0 spiro atoms. The molecule has 1 aromatic rings. The smallest absolute Gasteiger partial charge is 0.305 e. The number of carbonyl (C=O) groups excluding carboxylic acids is 1. The van der Waals surface area contributed by atoms with Gasteiger partial charge in [0.05, 0.1) is 31.6 Å². The van der Waals surface area contributed by atoms with Crippen molar-refractivity contribution in [3.8, 4) is 0 Å². The molecule has 24 heavy (non-hydrogen) atoms. The van der Waals surface area contributed by atoms with Gasteiger partial charge in [-0.3, -0.25) is 15.1 Å². The maximum Gasteiger partial charge on any atom is 0.305 e. The zero-order valence-electron chi connectivity index (χ0n) is 12.6. The number of Topliss-reactive ketones (excluding diaryl/α,β-unsaturated/α-hetero) is 1. The van der Waals surface area contributed by atoms with Crippen LogP contribution < -0.4 is 10.2 Å². The number of hydrogen-bond acceptors (Lipinski definition) is 6. The largest absolute Gasteiger partial charge is 0.334 e. The van der Waals surface area contributed by atoms with E-state index >= 15 is 0 Å². The number of halogens is 4. The molecule has 2 aliphatic rings. The number of aliphatic imine (C=N–C) groups is 1. The molecule has 2 aliphatic heterocycles. The van der Waals surface area contributed by atoms with E-state index in [2.05, 4.69) is 20.3 Å². The molecule has 1 unspecified atom stereocenters. The highest BCUT2D eigenvalue weighted by Crippen LogP contribution is 2.42. The standard InChI is InChI=1S/C14H15F4N5O/c15-9-5-20-12(21-6-9)23-4-2-13(16,14(17,18)7-23)11(24)10-1-3-19-8-22-10/h3,5-6,10,22H,1-2,4,7-8H2/t10?,13-/m1/s1. The van der Waals surface area contributed by atoms with Gasteiger partial charge in [-0.25, -0.2) is 27.5 Å². The van der Waals surface area contributed by atoms with Crippen molar-refractivity contribution in [2.45, 2.75) is 30.5 Å². The van der Waals surface area contributed by atoms with Crippen molar-refractivity contribution in [2.24, 2.45) is 4.99 Å². The molecule has 0 amide bonds. The number of piperidine rings is 1. The summed E-state index contributed by atoms with van der Waals surface area (Å²) in [6.07, 6.45) is 2.48. The summed E-state index contributed by atoms with van der Waals surface area (Å²) in [5.41, 5.74) is -3.27. The molecular formula is C14H15F4N5O. The molecule has 2 atom stereocenters. The van der Waals surface area contributed by atoms with E-state index in [1.54, 1.807) is 0 Å². The third kappa shape index (κ3) is 2.85. The number of nitrogens with one attached hydrogen (secondary N) is 1. The average Bonchev–Trinajstić information content (AvgIpc) is 2.58.